The summed E-state index contributed by atoms with van der Waals surface area (Å²) in [6.45, 7) is 6.66. The van der Waals surface area contributed by atoms with Crippen LogP contribution in [0.3, 0.4) is 0 Å². The summed E-state index contributed by atoms with van der Waals surface area (Å²) < 4.78 is 5.78. The third-order valence-electron chi connectivity index (χ3n) is 6.56. The molecule has 2 bridgehead atoms. The molecule has 118 valence electrons. The lowest BCUT2D eigenvalue weighted by molar-refractivity contribution is 0.393. The van der Waals surface area contributed by atoms with E-state index in [0.29, 0.717) is 0 Å². The van der Waals surface area contributed by atoms with Crippen molar-refractivity contribution < 1.29 is 4.74 Å². The Morgan fingerprint density at radius 1 is 0.955 bits per heavy atom. The van der Waals surface area contributed by atoms with Crippen molar-refractivity contribution in [3.05, 3.63) is 22.3 Å². The lowest BCUT2D eigenvalue weighted by Crippen LogP contribution is -2.40. The molecule has 2 nitrogen and oxygen atoms in total. The number of aliphatic imine (C=N–C) groups is 1. The predicted molar refractivity (Wildman–Crippen MR) is 91.8 cm³/mol. The highest BCUT2D eigenvalue weighted by Gasteiger charge is 2.50. The number of fused-ring (bicyclic) bond motifs is 1. The molecule has 0 spiro atoms. The van der Waals surface area contributed by atoms with Crippen molar-refractivity contribution >= 4 is 11.4 Å². The van der Waals surface area contributed by atoms with Gasteiger partial charge in [0.15, 0.2) is 0 Å². The van der Waals surface area contributed by atoms with Crippen LogP contribution < -0.4 is 4.74 Å². The van der Waals surface area contributed by atoms with E-state index < -0.39 is 0 Å². The van der Waals surface area contributed by atoms with E-state index >= 15 is 0 Å². The van der Waals surface area contributed by atoms with Crippen LogP contribution in [0.1, 0.15) is 67.2 Å². The molecule has 0 amide bonds. The molecule has 2 atom stereocenters. The Bertz CT molecular complexity index is 673. The topological polar surface area (TPSA) is 21.6 Å². The summed E-state index contributed by atoms with van der Waals surface area (Å²) in [6, 6.07) is 0. The molecule has 1 aromatic carbocycles. The molecule has 0 saturated heterocycles. The molecule has 4 rings (SSSR count). The molecule has 2 aliphatic carbocycles. The third kappa shape index (κ3) is 1.64. The molecule has 1 aromatic rings. The molecular weight excluding hydrogens is 270 g/mol. The smallest absolute Gasteiger partial charge is 0.125 e. The Hall–Kier alpha value is -1.31. The van der Waals surface area contributed by atoms with E-state index in [0.717, 1.165) is 11.7 Å². The first-order valence-electron chi connectivity index (χ1n) is 8.87. The van der Waals surface area contributed by atoms with Crippen molar-refractivity contribution in [3.8, 4) is 5.75 Å². The summed E-state index contributed by atoms with van der Waals surface area (Å²) >= 11 is 0. The second-order valence-electron chi connectivity index (χ2n) is 7.55. The molecule has 0 aromatic heterocycles. The normalized spacial score (nSPS) is 29.5. The lowest BCUT2D eigenvalue weighted by atomic mass is 9.63. The minimum Gasteiger partial charge on any atom is -0.496 e. The maximum Gasteiger partial charge on any atom is 0.125 e. The highest BCUT2D eigenvalue weighted by atomic mass is 16.5. The predicted octanol–water partition coefficient (Wildman–Crippen LogP) is 5.32. The summed E-state index contributed by atoms with van der Waals surface area (Å²) in [5, 5.41) is 0. The standard InChI is InChI=1S/C20H27NO/c1-12-13(2)18(22-4)14(3)16-17(12)21-19-15-8-5-6-10-20(16,19)11-7-9-15/h15H,5-11H2,1-4H3/t15-,20+/m0/s1. The molecule has 0 radical (unpaired) electrons. The number of nitrogens with zero attached hydrogens (tertiary/aromatic N) is 1. The van der Waals surface area contributed by atoms with Gasteiger partial charge in [0, 0.05) is 11.1 Å². The number of rotatable bonds is 1. The van der Waals surface area contributed by atoms with E-state index in [4.69, 9.17) is 9.73 Å². The van der Waals surface area contributed by atoms with Crippen LogP contribution in [-0.2, 0) is 5.41 Å². The Morgan fingerprint density at radius 2 is 1.68 bits per heavy atom. The van der Waals surface area contributed by atoms with E-state index in [1.165, 1.54) is 78.6 Å². The Kier molecular flexibility index (Phi) is 3.15. The van der Waals surface area contributed by atoms with E-state index in [1.807, 2.05) is 7.11 Å². The molecule has 3 aliphatic rings. The van der Waals surface area contributed by atoms with Gasteiger partial charge in [-0.05, 0) is 74.6 Å². The van der Waals surface area contributed by atoms with Crippen LogP contribution >= 0.6 is 0 Å². The van der Waals surface area contributed by atoms with Crippen molar-refractivity contribution in [2.75, 3.05) is 7.11 Å². The number of hydrogen-bond donors (Lipinski definition) is 0. The van der Waals surface area contributed by atoms with Crippen LogP contribution in [0.25, 0.3) is 0 Å². The summed E-state index contributed by atoms with van der Waals surface area (Å²) in [6.07, 6.45) is 9.37. The average molecular weight is 297 g/mol. The second kappa shape index (κ2) is 4.84. The second-order valence-corrected chi connectivity index (χ2v) is 7.55. The summed E-state index contributed by atoms with van der Waals surface area (Å²) in [4.78, 5) is 5.27. The van der Waals surface area contributed by atoms with Crippen molar-refractivity contribution in [2.45, 2.75) is 71.1 Å². The van der Waals surface area contributed by atoms with Gasteiger partial charge in [-0.25, -0.2) is 0 Å². The monoisotopic (exact) mass is 297 g/mol. The quantitative estimate of drug-likeness (QED) is 0.687. The first-order valence-corrected chi connectivity index (χ1v) is 8.87. The molecular formula is C20H27NO. The molecule has 0 unspecified atom stereocenters. The molecule has 2 saturated carbocycles. The molecule has 22 heavy (non-hydrogen) atoms. The van der Waals surface area contributed by atoms with E-state index in [-0.39, 0.29) is 5.41 Å². The van der Waals surface area contributed by atoms with Gasteiger partial charge in [0.05, 0.1) is 12.8 Å². The number of hydrogen-bond acceptors (Lipinski definition) is 2. The third-order valence-corrected chi connectivity index (χ3v) is 6.56. The number of benzene rings is 1. The van der Waals surface area contributed by atoms with Crippen LogP contribution in [0.5, 0.6) is 5.75 Å². The van der Waals surface area contributed by atoms with Crippen LogP contribution in [-0.4, -0.2) is 12.8 Å². The highest BCUT2D eigenvalue weighted by Crippen LogP contribution is 2.57. The molecule has 1 heterocycles. The number of ether oxygens (including phenoxy) is 1. The van der Waals surface area contributed by atoms with Crippen molar-refractivity contribution in [3.63, 3.8) is 0 Å². The van der Waals surface area contributed by atoms with E-state index in [1.54, 1.807) is 0 Å². The summed E-state index contributed by atoms with van der Waals surface area (Å²) in [5.41, 5.74) is 8.54. The van der Waals surface area contributed by atoms with Crippen LogP contribution in [0.4, 0.5) is 5.69 Å². The Labute approximate surface area is 134 Å². The molecule has 2 heteroatoms. The fraction of sp³-hybridized carbons (Fsp3) is 0.650. The van der Waals surface area contributed by atoms with Gasteiger partial charge in [-0.15, -0.1) is 0 Å². The zero-order chi connectivity index (χ0) is 15.5. The van der Waals surface area contributed by atoms with Crippen LogP contribution in [0.2, 0.25) is 0 Å². The maximum absolute atomic E-state index is 5.78. The molecule has 1 aliphatic heterocycles. The summed E-state index contributed by atoms with van der Waals surface area (Å²) in [7, 11) is 1.81. The number of methoxy groups -OCH3 is 1. The van der Waals surface area contributed by atoms with E-state index in [9.17, 15) is 0 Å². The average Bonchev–Trinajstić information content (AvgIpc) is 2.83. The van der Waals surface area contributed by atoms with Crippen LogP contribution in [0, 0.1) is 26.7 Å². The van der Waals surface area contributed by atoms with Gasteiger partial charge < -0.3 is 4.74 Å². The van der Waals surface area contributed by atoms with Gasteiger partial charge in [-0.1, -0.05) is 19.3 Å². The van der Waals surface area contributed by atoms with Crippen molar-refractivity contribution in [1.29, 1.82) is 0 Å². The zero-order valence-electron chi connectivity index (χ0n) is 14.4. The van der Waals surface area contributed by atoms with Gasteiger partial charge in [0.2, 0.25) is 0 Å². The van der Waals surface area contributed by atoms with Gasteiger partial charge in [-0.2, -0.15) is 0 Å². The fourth-order valence-electron chi connectivity index (χ4n) is 5.49. The highest BCUT2D eigenvalue weighted by molar-refractivity contribution is 6.05. The minimum atomic E-state index is 0.241. The van der Waals surface area contributed by atoms with Crippen molar-refractivity contribution in [1.82, 2.24) is 0 Å². The Morgan fingerprint density at radius 3 is 2.45 bits per heavy atom. The van der Waals surface area contributed by atoms with Gasteiger partial charge in [0.1, 0.15) is 5.75 Å². The Balaban J connectivity index is 2.02. The fourth-order valence-corrected chi connectivity index (χ4v) is 5.49. The maximum atomic E-state index is 5.78. The van der Waals surface area contributed by atoms with Gasteiger partial charge in [0.25, 0.3) is 0 Å². The van der Waals surface area contributed by atoms with E-state index in [2.05, 4.69) is 20.8 Å². The van der Waals surface area contributed by atoms with Gasteiger partial charge in [-0.3, -0.25) is 4.99 Å². The first kappa shape index (κ1) is 14.3. The van der Waals surface area contributed by atoms with Crippen LogP contribution in [0.15, 0.2) is 4.99 Å². The minimum absolute atomic E-state index is 0.241. The lowest BCUT2D eigenvalue weighted by Gasteiger charge is -2.39. The van der Waals surface area contributed by atoms with Gasteiger partial charge >= 0.3 is 0 Å². The summed E-state index contributed by atoms with van der Waals surface area (Å²) in [5.74, 6) is 1.82. The zero-order valence-corrected chi connectivity index (χ0v) is 14.4. The van der Waals surface area contributed by atoms with Crippen molar-refractivity contribution in [2.24, 2.45) is 10.9 Å². The SMILES string of the molecule is COc1c(C)c(C)c2c(c1C)[C@@]13CCCC[C@@H](CCC1)C3=N2. The largest absolute Gasteiger partial charge is 0.496 e. The first-order chi connectivity index (χ1) is 10.6. The molecule has 2 fully saturated rings. The molecule has 0 N–H and O–H groups in total.